The lowest BCUT2D eigenvalue weighted by atomic mass is 9.89. The smallest absolute Gasteiger partial charge is 0.303 e. The first kappa shape index (κ1) is 33.3. The summed E-state index contributed by atoms with van der Waals surface area (Å²) in [6.45, 7) is 4.67. The zero-order valence-electron chi connectivity index (χ0n) is 24.4. The van der Waals surface area contributed by atoms with Gasteiger partial charge in [0.1, 0.15) is 38.3 Å². The summed E-state index contributed by atoms with van der Waals surface area (Å²) in [5.41, 5.74) is 2.20. The maximum atomic E-state index is 12.2. The van der Waals surface area contributed by atoms with Gasteiger partial charge in [-0.1, -0.05) is 41.0 Å². The maximum absolute atomic E-state index is 12.2. The van der Waals surface area contributed by atoms with Crippen LogP contribution >= 0.6 is 11.6 Å². The van der Waals surface area contributed by atoms with Crippen LogP contribution in [0.4, 0.5) is 0 Å². The zero-order valence-corrected chi connectivity index (χ0v) is 25.2. The molecule has 0 bridgehead atoms. The third-order valence-corrected chi connectivity index (χ3v) is 6.58. The van der Waals surface area contributed by atoms with Crippen LogP contribution in [-0.2, 0) is 54.1 Å². The van der Waals surface area contributed by atoms with Crippen LogP contribution in [0.5, 0.6) is 5.75 Å². The quantitative estimate of drug-likeness (QED) is 0.148. The van der Waals surface area contributed by atoms with E-state index in [1.807, 2.05) is 24.3 Å². The van der Waals surface area contributed by atoms with Crippen molar-refractivity contribution in [1.29, 1.82) is 0 Å². The van der Waals surface area contributed by atoms with Crippen molar-refractivity contribution in [3.05, 3.63) is 64.2 Å². The molecule has 1 aliphatic rings. The summed E-state index contributed by atoms with van der Waals surface area (Å²) in [6.07, 6.45) is -3.88. The number of benzene rings is 2. The van der Waals surface area contributed by atoms with E-state index in [0.717, 1.165) is 11.1 Å². The number of esters is 4. The number of carbonyl (C=O) groups is 4. The van der Waals surface area contributed by atoms with Gasteiger partial charge in [-0.05, 0) is 41.3 Å². The van der Waals surface area contributed by atoms with E-state index in [0.29, 0.717) is 22.8 Å². The second-order valence-electron chi connectivity index (χ2n) is 9.57. The van der Waals surface area contributed by atoms with E-state index >= 15 is 0 Å². The third-order valence-electron chi connectivity index (χ3n) is 6.21. The van der Waals surface area contributed by atoms with Gasteiger partial charge in [0.05, 0.1) is 6.21 Å². The van der Waals surface area contributed by atoms with Gasteiger partial charge in [0.2, 0.25) is 0 Å². The fourth-order valence-corrected chi connectivity index (χ4v) is 4.75. The van der Waals surface area contributed by atoms with Crippen LogP contribution in [0.25, 0.3) is 0 Å². The van der Waals surface area contributed by atoms with Crippen molar-refractivity contribution in [2.45, 2.75) is 64.6 Å². The van der Waals surface area contributed by atoms with Gasteiger partial charge in [-0.15, -0.1) is 0 Å². The van der Waals surface area contributed by atoms with E-state index in [1.54, 1.807) is 18.2 Å². The van der Waals surface area contributed by atoms with E-state index in [1.165, 1.54) is 41.0 Å². The number of halogens is 1. The van der Waals surface area contributed by atoms with Gasteiger partial charge in [0, 0.05) is 32.7 Å². The molecule has 1 heterocycles. The first-order chi connectivity index (χ1) is 20.5. The van der Waals surface area contributed by atoms with Crippen LogP contribution in [0, 0.1) is 0 Å². The molecule has 2 aromatic rings. The lowest BCUT2D eigenvalue weighted by Crippen LogP contribution is -2.59. The van der Waals surface area contributed by atoms with Crippen LogP contribution in [0.2, 0.25) is 5.02 Å². The van der Waals surface area contributed by atoms with Crippen LogP contribution in [-0.4, -0.2) is 74.8 Å². The molecule has 13 heteroatoms. The minimum atomic E-state index is -1.27. The predicted octanol–water partition coefficient (Wildman–Crippen LogP) is 3.74. The Morgan fingerprint density at radius 2 is 1.49 bits per heavy atom. The lowest BCUT2D eigenvalue weighted by molar-refractivity contribution is -0.254. The van der Waals surface area contributed by atoms with Gasteiger partial charge in [-0.25, -0.2) is 0 Å². The van der Waals surface area contributed by atoms with Crippen LogP contribution < -0.4 is 4.74 Å². The highest BCUT2D eigenvalue weighted by Crippen LogP contribution is 2.39. The molecule has 1 saturated heterocycles. The predicted molar refractivity (Wildman–Crippen MR) is 153 cm³/mol. The molecule has 2 aromatic carbocycles. The number of rotatable bonds is 12. The lowest BCUT2D eigenvalue weighted by Gasteiger charge is -2.44. The first-order valence-electron chi connectivity index (χ1n) is 13.3. The van der Waals surface area contributed by atoms with Gasteiger partial charge in [-0.3, -0.25) is 19.2 Å². The molecule has 5 atom stereocenters. The molecule has 12 nitrogen and oxygen atoms in total. The number of hydrogen-bond donors (Lipinski definition) is 0. The highest BCUT2D eigenvalue weighted by Gasteiger charge is 2.52. The Bertz CT molecular complexity index is 1310. The van der Waals surface area contributed by atoms with Crippen molar-refractivity contribution < 1.29 is 52.4 Å². The largest absolute Gasteiger partial charge is 0.488 e. The third kappa shape index (κ3) is 9.97. The average molecular weight is 620 g/mol. The average Bonchev–Trinajstić information content (AvgIpc) is 2.93. The van der Waals surface area contributed by atoms with E-state index in [9.17, 15) is 19.2 Å². The summed E-state index contributed by atoms with van der Waals surface area (Å²) < 4.78 is 33.6. The molecule has 0 aromatic heterocycles. The first-order valence-corrected chi connectivity index (χ1v) is 13.7. The number of carbonyl (C=O) groups excluding carboxylic acids is 4. The molecular weight excluding hydrogens is 586 g/mol. The molecular formula is C30H34ClNO11. The highest BCUT2D eigenvalue weighted by molar-refractivity contribution is 6.31. The van der Waals surface area contributed by atoms with Crippen molar-refractivity contribution in [2.24, 2.45) is 5.16 Å². The van der Waals surface area contributed by atoms with Crippen molar-refractivity contribution in [3.8, 4) is 5.75 Å². The van der Waals surface area contributed by atoms with Crippen LogP contribution in [0.1, 0.15) is 50.5 Å². The topological polar surface area (TPSA) is 145 Å². The van der Waals surface area contributed by atoms with Crippen molar-refractivity contribution in [3.63, 3.8) is 0 Å². The molecule has 0 unspecified atom stereocenters. The fraction of sp³-hybridized carbons (Fsp3) is 0.433. The molecule has 0 spiro atoms. The highest BCUT2D eigenvalue weighted by atomic mass is 35.5. The van der Waals surface area contributed by atoms with E-state index in [2.05, 4.69) is 9.99 Å². The van der Waals surface area contributed by atoms with E-state index in [-0.39, 0.29) is 13.2 Å². The van der Waals surface area contributed by atoms with Gasteiger partial charge < -0.3 is 33.3 Å². The maximum Gasteiger partial charge on any atom is 0.303 e. The zero-order chi connectivity index (χ0) is 31.5. The van der Waals surface area contributed by atoms with Crippen molar-refractivity contribution in [2.75, 3.05) is 20.3 Å². The SMILES string of the molecule is CO/N=C/COc1ccc(Cc2cc([C@@H]3O[C@H](COC(C)=O)[C@@H](OC(C)=O)[C@H](OC(C)=O)[C@H]3OC(C)=O)ccc2Cl)cc1. The monoisotopic (exact) mass is 619 g/mol. The molecule has 1 fully saturated rings. The summed E-state index contributed by atoms with van der Waals surface area (Å²) in [4.78, 5) is 52.6. The Hall–Kier alpha value is -4.16. The molecule has 0 N–H and O–H groups in total. The molecule has 1 aliphatic heterocycles. The Balaban J connectivity index is 1.96. The summed E-state index contributed by atoms with van der Waals surface area (Å²) in [5, 5.41) is 4.10. The molecule has 0 amide bonds. The second kappa shape index (κ2) is 15.9. The summed E-state index contributed by atoms with van der Waals surface area (Å²) >= 11 is 6.56. The van der Waals surface area contributed by atoms with Gasteiger partial charge >= 0.3 is 23.9 Å². The summed E-state index contributed by atoms with van der Waals surface area (Å²) in [6, 6.07) is 12.5. The summed E-state index contributed by atoms with van der Waals surface area (Å²) in [7, 11) is 1.45. The molecule has 0 saturated carbocycles. The normalized spacial score (nSPS) is 21.5. The Morgan fingerprint density at radius 3 is 2.09 bits per heavy atom. The Labute approximate surface area is 254 Å². The minimum Gasteiger partial charge on any atom is -0.488 e. The molecule has 232 valence electrons. The van der Waals surface area contributed by atoms with Crippen molar-refractivity contribution >= 4 is 41.7 Å². The minimum absolute atomic E-state index is 0.247. The molecule has 0 radical (unpaired) electrons. The van der Waals surface area contributed by atoms with Gasteiger partial charge in [-0.2, -0.15) is 0 Å². The van der Waals surface area contributed by atoms with Gasteiger partial charge in [0.25, 0.3) is 0 Å². The van der Waals surface area contributed by atoms with Crippen molar-refractivity contribution in [1.82, 2.24) is 0 Å². The number of hydrogen-bond acceptors (Lipinski definition) is 12. The fourth-order valence-electron chi connectivity index (χ4n) is 4.57. The summed E-state index contributed by atoms with van der Waals surface area (Å²) in [5.74, 6) is -2.04. The van der Waals surface area contributed by atoms with E-state index < -0.39 is 54.4 Å². The number of nitrogens with zero attached hydrogens (tertiary/aromatic N) is 1. The molecule has 3 rings (SSSR count). The standard InChI is InChI=1S/C30H34ClNO11/c1-17(33)39-16-26-28(40-18(2)34)30(42-20(4)36)29(41-19(3)35)27(43-26)22-8-11-25(31)23(15-22)14-21-6-9-24(10-7-21)38-13-12-32-37-5/h6-12,15,26-30H,13-14,16H2,1-5H3/b32-12+/t26-,27+,28-,29+,30+/m1/s1. The Kier molecular flexibility index (Phi) is 12.3. The van der Waals surface area contributed by atoms with Gasteiger partial charge in [0.15, 0.2) is 18.3 Å². The number of ether oxygens (including phenoxy) is 6. The number of oxime groups is 1. The molecule has 0 aliphatic carbocycles. The Morgan fingerprint density at radius 1 is 0.860 bits per heavy atom. The van der Waals surface area contributed by atoms with E-state index in [4.69, 9.17) is 40.0 Å². The van der Waals surface area contributed by atoms with Crippen LogP contribution in [0.15, 0.2) is 47.6 Å². The van der Waals surface area contributed by atoms with Crippen LogP contribution in [0.3, 0.4) is 0 Å². The second-order valence-corrected chi connectivity index (χ2v) is 9.98. The molecule has 43 heavy (non-hydrogen) atoms.